The van der Waals surface area contributed by atoms with Crippen molar-refractivity contribution in [1.82, 2.24) is 0 Å². The fourth-order valence-corrected chi connectivity index (χ4v) is 2.83. The Kier molecular flexibility index (Phi) is 4.51. The first-order valence-electron chi connectivity index (χ1n) is 7.54. The van der Waals surface area contributed by atoms with E-state index in [1.807, 2.05) is 20.8 Å². The van der Waals surface area contributed by atoms with E-state index in [4.69, 9.17) is 15.2 Å². The van der Waals surface area contributed by atoms with Gasteiger partial charge >= 0.3 is 17.7 Å². The number of aliphatic carboxylic acids is 2. The zero-order chi connectivity index (χ0) is 17.4. The van der Waals surface area contributed by atoms with Crippen LogP contribution in [0.4, 0.5) is 0 Å². The smallest absolute Gasteiger partial charge is 0.453 e. The first-order chi connectivity index (χ1) is 10.8. The van der Waals surface area contributed by atoms with Crippen LogP contribution in [-0.4, -0.2) is 34.0 Å². The van der Waals surface area contributed by atoms with Crippen molar-refractivity contribution in [3.63, 3.8) is 0 Å². The van der Waals surface area contributed by atoms with Crippen LogP contribution in [0.15, 0.2) is 6.07 Å². The van der Waals surface area contributed by atoms with E-state index in [-0.39, 0.29) is 17.5 Å². The van der Waals surface area contributed by atoms with Gasteiger partial charge in [0, 0.05) is 11.6 Å². The van der Waals surface area contributed by atoms with Crippen LogP contribution < -0.4 is 15.2 Å². The number of carboxylic acids is 2. The third-order valence-electron chi connectivity index (χ3n) is 3.88. The van der Waals surface area contributed by atoms with Crippen LogP contribution in [0.2, 0.25) is 0 Å². The minimum atomic E-state index is -2.73. The van der Waals surface area contributed by atoms with E-state index in [0.717, 1.165) is 16.7 Å². The van der Waals surface area contributed by atoms with Gasteiger partial charge in [0.05, 0.1) is 0 Å². The van der Waals surface area contributed by atoms with Gasteiger partial charge in [-0.3, -0.25) is 0 Å². The van der Waals surface area contributed by atoms with E-state index in [2.05, 4.69) is 0 Å². The highest BCUT2D eigenvalue weighted by atomic mass is 16.8. The maximum absolute atomic E-state index is 11.4. The summed E-state index contributed by atoms with van der Waals surface area (Å²) in [4.78, 5) is 22.8. The summed E-state index contributed by atoms with van der Waals surface area (Å²) in [6, 6.07) is 1.56. The molecular weight excluding hydrogens is 302 g/mol. The molecule has 7 nitrogen and oxygen atoms in total. The van der Waals surface area contributed by atoms with Gasteiger partial charge in [-0.15, -0.1) is 0 Å². The predicted octanol–water partition coefficient (Wildman–Crippen LogP) is 1.34. The lowest BCUT2D eigenvalue weighted by molar-refractivity contribution is -0.194. The summed E-state index contributed by atoms with van der Waals surface area (Å²) in [7, 11) is 0. The average Bonchev–Trinajstić information content (AvgIpc) is 2.86. The Morgan fingerprint density at radius 1 is 1.17 bits per heavy atom. The molecule has 0 aromatic heterocycles. The molecule has 0 aliphatic carbocycles. The SMILES string of the molecule is CCc1cc2c(c(CC)c1CC(C)N)OC(C(=O)O)(C(=O)O)O2. The number of nitrogens with two attached hydrogens (primary N) is 1. The highest BCUT2D eigenvalue weighted by molar-refractivity contribution is 6.01. The summed E-state index contributed by atoms with van der Waals surface area (Å²) >= 11 is 0. The standard InChI is InChI=1S/C16H21NO6/c1-4-9-7-12-13(10(5-2)11(9)6-8(3)17)23-16(22-12,14(18)19)15(20)21/h7-8H,4-6,17H2,1-3H3,(H,18,19)(H,20,21). The number of carboxylic acid groups (broad SMARTS) is 2. The third kappa shape index (κ3) is 2.72. The Hall–Kier alpha value is -2.28. The molecule has 1 atom stereocenters. The summed E-state index contributed by atoms with van der Waals surface area (Å²) in [6.45, 7) is 5.73. The van der Waals surface area contributed by atoms with Gasteiger partial charge in [0.25, 0.3) is 0 Å². The molecule has 0 saturated carbocycles. The number of aryl methyl sites for hydroxylation is 1. The predicted molar refractivity (Wildman–Crippen MR) is 81.8 cm³/mol. The third-order valence-corrected chi connectivity index (χ3v) is 3.88. The molecule has 2 rings (SSSR count). The number of ether oxygens (including phenoxy) is 2. The van der Waals surface area contributed by atoms with E-state index in [1.54, 1.807) is 6.07 Å². The van der Waals surface area contributed by atoms with Gasteiger partial charge in [0.2, 0.25) is 0 Å². The molecule has 1 aliphatic rings. The molecule has 0 spiro atoms. The van der Waals surface area contributed by atoms with Crippen LogP contribution in [0.5, 0.6) is 11.5 Å². The van der Waals surface area contributed by atoms with Crippen LogP contribution in [-0.2, 0) is 28.9 Å². The minimum absolute atomic E-state index is 0.0883. The van der Waals surface area contributed by atoms with E-state index in [9.17, 15) is 19.8 Å². The van der Waals surface area contributed by atoms with Gasteiger partial charge in [-0.05, 0) is 43.4 Å². The van der Waals surface area contributed by atoms with Gasteiger partial charge in [0.1, 0.15) is 0 Å². The maximum atomic E-state index is 11.4. The Bertz CT molecular complexity index is 638. The molecule has 0 radical (unpaired) electrons. The van der Waals surface area contributed by atoms with Crippen molar-refractivity contribution < 1.29 is 29.3 Å². The van der Waals surface area contributed by atoms with Gasteiger partial charge in [-0.25, -0.2) is 9.59 Å². The van der Waals surface area contributed by atoms with Gasteiger partial charge in [0.15, 0.2) is 11.5 Å². The van der Waals surface area contributed by atoms with E-state index in [0.29, 0.717) is 19.3 Å². The van der Waals surface area contributed by atoms with Crippen molar-refractivity contribution in [1.29, 1.82) is 0 Å². The molecule has 1 aliphatic heterocycles. The Morgan fingerprint density at radius 3 is 2.22 bits per heavy atom. The molecule has 7 heteroatoms. The number of benzene rings is 1. The summed E-state index contributed by atoms with van der Waals surface area (Å²) in [5.74, 6) is -5.79. The highest BCUT2D eigenvalue weighted by Crippen LogP contribution is 2.45. The molecule has 1 aromatic carbocycles. The molecule has 0 fully saturated rings. The number of hydrogen-bond donors (Lipinski definition) is 3. The molecule has 1 unspecified atom stereocenters. The number of rotatable bonds is 6. The Balaban J connectivity index is 2.63. The van der Waals surface area contributed by atoms with Crippen LogP contribution in [0.25, 0.3) is 0 Å². The van der Waals surface area contributed by atoms with Crippen LogP contribution in [0, 0.1) is 0 Å². The van der Waals surface area contributed by atoms with E-state index in [1.165, 1.54) is 0 Å². The highest BCUT2D eigenvalue weighted by Gasteiger charge is 2.58. The number of fused-ring (bicyclic) bond motifs is 1. The average molecular weight is 323 g/mol. The lowest BCUT2D eigenvalue weighted by Crippen LogP contribution is -2.54. The lowest BCUT2D eigenvalue weighted by atomic mass is 9.92. The molecular formula is C16H21NO6. The van der Waals surface area contributed by atoms with Crippen molar-refractivity contribution in [3.05, 3.63) is 22.8 Å². The van der Waals surface area contributed by atoms with E-state index < -0.39 is 17.7 Å². The summed E-state index contributed by atoms with van der Waals surface area (Å²) in [6.07, 6.45) is 1.84. The van der Waals surface area contributed by atoms with Crippen molar-refractivity contribution >= 4 is 11.9 Å². The quantitative estimate of drug-likeness (QED) is 0.676. The molecule has 23 heavy (non-hydrogen) atoms. The first kappa shape index (κ1) is 17.1. The van der Waals surface area contributed by atoms with Crippen molar-refractivity contribution in [2.75, 3.05) is 0 Å². The second-order valence-corrected chi connectivity index (χ2v) is 5.64. The fraction of sp³-hybridized carbons (Fsp3) is 0.500. The molecule has 0 amide bonds. The fourth-order valence-electron chi connectivity index (χ4n) is 2.83. The van der Waals surface area contributed by atoms with Gasteiger partial charge in [-0.1, -0.05) is 13.8 Å². The van der Waals surface area contributed by atoms with Gasteiger partial charge < -0.3 is 25.4 Å². The summed E-state index contributed by atoms with van der Waals surface area (Å²) in [5.41, 5.74) is 8.58. The second-order valence-electron chi connectivity index (χ2n) is 5.64. The Labute approximate surface area is 134 Å². The molecule has 0 saturated heterocycles. The molecule has 1 heterocycles. The monoisotopic (exact) mass is 323 g/mol. The minimum Gasteiger partial charge on any atom is -0.475 e. The maximum Gasteiger partial charge on any atom is 0.453 e. The van der Waals surface area contributed by atoms with E-state index >= 15 is 0 Å². The molecule has 4 N–H and O–H groups in total. The lowest BCUT2D eigenvalue weighted by Gasteiger charge is -2.18. The normalized spacial score (nSPS) is 16.2. The van der Waals surface area contributed by atoms with Crippen LogP contribution in [0.1, 0.15) is 37.5 Å². The van der Waals surface area contributed by atoms with Crippen LogP contribution in [0.3, 0.4) is 0 Å². The molecule has 1 aromatic rings. The second kappa shape index (κ2) is 6.08. The largest absolute Gasteiger partial charge is 0.475 e. The van der Waals surface area contributed by atoms with Crippen molar-refractivity contribution in [2.24, 2.45) is 5.73 Å². The molecule has 126 valence electrons. The van der Waals surface area contributed by atoms with Crippen molar-refractivity contribution in [2.45, 2.75) is 51.9 Å². The number of carbonyl (C=O) groups is 2. The molecule has 0 bridgehead atoms. The van der Waals surface area contributed by atoms with Gasteiger partial charge in [-0.2, -0.15) is 0 Å². The van der Waals surface area contributed by atoms with Crippen molar-refractivity contribution in [3.8, 4) is 11.5 Å². The first-order valence-corrected chi connectivity index (χ1v) is 7.54. The zero-order valence-electron chi connectivity index (χ0n) is 13.4. The summed E-state index contributed by atoms with van der Waals surface area (Å²) < 4.78 is 10.5. The number of hydrogen-bond acceptors (Lipinski definition) is 5. The summed E-state index contributed by atoms with van der Waals surface area (Å²) in [5, 5.41) is 18.5. The Morgan fingerprint density at radius 2 is 1.78 bits per heavy atom. The topological polar surface area (TPSA) is 119 Å². The zero-order valence-corrected chi connectivity index (χ0v) is 13.4. The van der Waals surface area contributed by atoms with Crippen LogP contribution >= 0.6 is 0 Å².